The van der Waals surface area contributed by atoms with Gasteiger partial charge in [0, 0.05) is 17.4 Å². The fraction of sp³-hybridized carbons (Fsp3) is 0.500. The Labute approximate surface area is 221 Å². The average molecular weight is 528 g/mol. The van der Waals surface area contributed by atoms with Gasteiger partial charge in [0.15, 0.2) is 23.0 Å². The molecule has 2 aromatic rings. The molecular weight excluding hydrogens is 494 g/mol. The summed E-state index contributed by atoms with van der Waals surface area (Å²) in [6, 6.07) is 6.54. The molecular formula is C28H33NO9. The highest BCUT2D eigenvalue weighted by Crippen LogP contribution is 2.56. The third kappa shape index (κ3) is 4.16. The molecule has 3 aliphatic rings. The molecule has 1 fully saturated rings. The number of carbonyl (C=O) groups is 2. The van der Waals surface area contributed by atoms with Gasteiger partial charge in [-0.2, -0.15) is 0 Å². The summed E-state index contributed by atoms with van der Waals surface area (Å²) >= 11 is 0. The summed E-state index contributed by atoms with van der Waals surface area (Å²) in [5.74, 6) is -0.0386. The van der Waals surface area contributed by atoms with E-state index in [0.717, 1.165) is 23.1 Å². The van der Waals surface area contributed by atoms with E-state index >= 15 is 0 Å². The van der Waals surface area contributed by atoms with Crippen molar-refractivity contribution >= 4 is 11.9 Å². The number of hydrogen-bond acceptors (Lipinski definition) is 10. The van der Waals surface area contributed by atoms with Crippen molar-refractivity contribution in [3.05, 3.63) is 41.0 Å². The van der Waals surface area contributed by atoms with Crippen LogP contribution >= 0.6 is 0 Å². The number of methoxy groups -OCH3 is 3. The van der Waals surface area contributed by atoms with Crippen LogP contribution in [0.3, 0.4) is 0 Å². The highest BCUT2D eigenvalue weighted by Gasteiger charge is 2.54. The zero-order valence-corrected chi connectivity index (χ0v) is 22.1. The molecule has 2 aromatic carbocycles. The molecule has 1 aliphatic carbocycles. The first kappa shape index (κ1) is 26.0. The van der Waals surface area contributed by atoms with Crippen LogP contribution in [-0.4, -0.2) is 52.7 Å². The number of cyclic esters (lactones) is 1. The van der Waals surface area contributed by atoms with E-state index in [1.54, 1.807) is 0 Å². The van der Waals surface area contributed by atoms with Crippen LogP contribution in [0.1, 0.15) is 49.0 Å². The molecule has 1 saturated heterocycles. The Bertz CT molecular complexity index is 1220. The fourth-order valence-electron chi connectivity index (χ4n) is 5.63. The van der Waals surface area contributed by atoms with Crippen LogP contribution in [-0.2, 0) is 19.1 Å². The minimum Gasteiger partial charge on any atom is -0.493 e. The Morgan fingerprint density at radius 1 is 1.00 bits per heavy atom. The van der Waals surface area contributed by atoms with E-state index in [1.165, 1.54) is 21.3 Å². The number of esters is 2. The van der Waals surface area contributed by atoms with Gasteiger partial charge in [-0.15, -0.1) is 0 Å². The van der Waals surface area contributed by atoms with Gasteiger partial charge >= 0.3 is 11.9 Å². The lowest BCUT2D eigenvalue weighted by Gasteiger charge is -2.39. The van der Waals surface area contributed by atoms with Gasteiger partial charge in [0.25, 0.3) is 0 Å². The summed E-state index contributed by atoms with van der Waals surface area (Å²) in [5.41, 5.74) is 8.46. The maximum atomic E-state index is 13.3. The Morgan fingerprint density at radius 2 is 1.63 bits per heavy atom. The Hall–Kier alpha value is -3.66. The predicted molar refractivity (Wildman–Crippen MR) is 135 cm³/mol. The highest BCUT2D eigenvalue weighted by atomic mass is 16.7. The van der Waals surface area contributed by atoms with Crippen molar-refractivity contribution in [2.75, 3.05) is 34.7 Å². The molecule has 2 heterocycles. The van der Waals surface area contributed by atoms with Crippen LogP contribution in [0.2, 0.25) is 0 Å². The fourth-order valence-corrected chi connectivity index (χ4v) is 5.63. The number of ether oxygens (including phenoxy) is 7. The first-order chi connectivity index (χ1) is 18.3. The van der Waals surface area contributed by atoms with Crippen LogP contribution in [0.4, 0.5) is 0 Å². The molecule has 0 aromatic heterocycles. The lowest BCUT2D eigenvalue weighted by molar-refractivity contribution is -0.157. The van der Waals surface area contributed by atoms with E-state index in [1.807, 2.05) is 38.1 Å². The first-order valence-electron chi connectivity index (χ1n) is 12.7. The van der Waals surface area contributed by atoms with Crippen molar-refractivity contribution in [3.8, 4) is 28.7 Å². The molecule has 10 nitrogen and oxygen atoms in total. The van der Waals surface area contributed by atoms with Gasteiger partial charge in [0.2, 0.25) is 12.5 Å². The van der Waals surface area contributed by atoms with E-state index in [9.17, 15) is 9.59 Å². The SMILES string of the molecule is CC[C@H](C)[C@H](N)C(=O)O[C@H]1c2cc3c(cc2[C@@H](c2cc(OC)c(OC)c(OC)c2)[C@H]2C(=O)OC[C@@H]21)OCO3. The molecule has 0 bridgehead atoms. The predicted octanol–water partition coefficient (Wildman–Crippen LogP) is 3.33. The third-order valence-corrected chi connectivity index (χ3v) is 7.94. The number of rotatable bonds is 8. The van der Waals surface area contributed by atoms with E-state index < -0.39 is 35.9 Å². The van der Waals surface area contributed by atoms with Gasteiger partial charge in [0.1, 0.15) is 12.1 Å². The Kier molecular flexibility index (Phi) is 7.00. The summed E-state index contributed by atoms with van der Waals surface area (Å²) in [6.45, 7) is 4.06. The molecule has 0 unspecified atom stereocenters. The zero-order valence-electron chi connectivity index (χ0n) is 22.1. The summed E-state index contributed by atoms with van der Waals surface area (Å²) in [7, 11) is 4.61. The quantitative estimate of drug-likeness (QED) is 0.511. The summed E-state index contributed by atoms with van der Waals surface area (Å²) in [6.07, 6.45) is -0.0237. The van der Waals surface area contributed by atoms with Crippen LogP contribution in [0, 0.1) is 17.8 Å². The molecule has 0 spiro atoms. The molecule has 2 aliphatic heterocycles. The van der Waals surface area contributed by atoms with Crippen LogP contribution < -0.4 is 29.4 Å². The maximum absolute atomic E-state index is 13.3. The highest BCUT2D eigenvalue weighted by molar-refractivity contribution is 5.80. The van der Waals surface area contributed by atoms with E-state index in [0.29, 0.717) is 28.7 Å². The molecule has 5 rings (SSSR count). The first-order valence-corrected chi connectivity index (χ1v) is 12.7. The Balaban J connectivity index is 1.67. The summed E-state index contributed by atoms with van der Waals surface area (Å²) in [4.78, 5) is 26.4. The minimum atomic E-state index is -0.790. The zero-order chi connectivity index (χ0) is 27.1. The van der Waals surface area contributed by atoms with Gasteiger partial charge in [-0.1, -0.05) is 20.3 Å². The second-order valence-corrected chi connectivity index (χ2v) is 9.86. The monoisotopic (exact) mass is 527 g/mol. The standard InChI is InChI=1S/C28H33NO9/c1-6-13(2)24(29)28(31)38-25-16-10-19-18(36-12-37-19)9-15(16)22(23-17(25)11-35-27(23)30)14-7-20(32-3)26(34-5)21(8-14)33-4/h7-10,13,17,22-25H,6,11-12,29H2,1-5H3/t13-,17-,22+,23-,24-,25-/m0/s1. The number of carbonyl (C=O) groups excluding carboxylic acids is 2. The van der Waals surface area contributed by atoms with Crippen molar-refractivity contribution in [1.82, 2.24) is 0 Å². The van der Waals surface area contributed by atoms with Crippen LogP contribution in [0.25, 0.3) is 0 Å². The van der Waals surface area contributed by atoms with Crippen molar-refractivity contribution in [1.29, 1.82) is 0 Å². The molecule has 0 radical (unpaired) electrons. The molecule has 2 N–H and O–H groups in total. The number of nitrogens with two attached hydrogens (primary N) is 1. The van der Waals surface area contributed by atoms with Crippen molar-refractivity contribution in [2.24, 2.45) is 23.5 Å². The number of fused-ring (bicyclic) bond motifs is 3. The Morgan fingerprint density at radius 3 is 2.21 bits per heavy atom. The van der Waals surface area contributed by atoms with Crippen molar-refractivity contribution < 1.29 is 42.7 Å². The second kappa shape index (κ2) is 10.2. The van der Waals surface area contributed by atoms with Crippen LogP contribution in [0.15, 0.2) is 24.3 Å². The van der Waals surface area contributed by atoms with Gasteiger partial charge in [-0.25, -0.2) is 0 Å². The van der Waals surface area contributed by atoms with Crippen molar-refractivity contribution in [2.45, 2.75) is 38.3 Å². The lowest BCUT2D eigenvalue weighted by Crippen LogP contribution is -2.42. The van der Waals surface area contributed by atoms with E-state index in [2.05, 4.69) is 0 Å². The molecule has 0 saturated carbocycles. The normalized spacial score (nSPS) is 24.5. The van der Waals surface area contributed by atoms with Crippen molar-refractivity contribution in [3.63, 3.8) is 0 Å². The molecule has 0 amide bonds. The van der Waals surface area contributed by atoms with Gasteiger partial charge < -0.3 is 38.9 Å². The van der Waals surface area contributed by atoms with Crippen LogP contribution in [0.5, 0.6) is 28.7 Å². The molecule has 204 valence electrons. The topological polar surface area (TPSA) is 125 Å². The minimum absolute atomic E-state index is 0.0634. The number of hydrogen-bond donors (Lipinski definition) is 1. The average Bonchev–Trinajstić information content (AvgIpc) is 3.56. The van der Waals surface area contributed by atoms with E-state index in [-0.39, 0.29) is 25.3 Å². The van der Waals surface area contributed by atoms with E-state index in [4.69, 9.17) is 38.9 Å². The van der Waals surface area contributed by atoms with Gasteiger partial charge in [-0.3, -0.25) is 9.59 Å². The molecule has 6 atom stereocenters. The second-order valence-electron chi connectivity index (χ2n) is 9.86. The number of benzene rings is 2. The maximum Gasteiger partial charge on any atom is 0.323 e. The van der Waals surface area contributed by atoms with Gasteiger partial charge in [0.05, 0.1) is 33.9 Å². The third-order valence-electron chi connectivity index (χ3n) is 7.94. The van der Waals surface area contributed by atoms with Gasteiger partial charge in [-0.05, 0) is 41.3 Å². The largest absolute Gasteiger partial charge is 0.493 e. The smallest absolute Gasteiger partial charge is 0.323 e. The molecule has 38 heavy (non-hydrogen) atoms. The lowest BCUT2D eigenvalue weighted by atomic mass is 9.66. The summed E-state index contributed by atoms with van der Waals surface area (Å²) in [5, 5.41) is 0. The summed E-state index contributed by atoms with van der Waals surface area (Å²) < 4.78 is 39.7. The molecule has 10 heteroatoms.